The number of hydrogen-bond donors (Lipinski definition) is 1. The first-order chi connectivity index (χ1) is 7.17. The Balaban J connectivity index is 2.51. The van der Waals surface area contributed by atoms with Gasteiger partial charge in [-0.05, 0) is 40.4 Å². The summed E-state index contributed by atoms with van der Waals surface area (Å²) in [5.74, 6) is 0. The average molecular weight is 210 g/mol. The van der Waals surface area contributed by atoms with Crippen LogP contribution in [0.4, 0.5) is 0 Å². The van der Waals surface area contributed by atoms with Crippen molar-refractivity contribution in [2.75, 3.05) is 20.1 Å². The van der Waals surface area contributed by atoms with E-state index in [0.29, 0.717) is 0 Å². The van der Waals surface area contributed by atoms with Gasteiger partial charge in [-0.3, -0.25) is 4.68 Å². The van der Waals surface area contributed by atoms with E-state index in [-0.39, 0.29) is 0 Å². The fourth-order valence-electron chi connectivity index (χ4n) is 1.61. The summed E-state index contributed by atoms with van der Waals surface area (Å²) in [5.41, 5.74) is 7.93. The molecule has 4 nitrogen and oxygen atoms in total. The van der Waals surface area contributed by atoms with E-state index in [0.717, 1.165) is 38.3 Å². The van der Waals surface area contributed by atoms with Gasteiger partial charge in [-0.25, -0.2) is 0 Å². The zero-order valence-corrected chi connectivity index (χ0v) is 10.0. The molecule has 0 aliphatic rings. The molecule has 0 saturated carbocycles. The van der Waals surface area contributed by atoms with E-state index in [1.54, 1.807) is 0 Å². The van der Waals surface area contributed by atoms with Crippen molar-refractivity contribution in [2.45, 2.75) is 33.4 Å². The van der Waals surface area contributed by atoms with Crippen LogP contribution in [-0.4, -0.2) is 34.8 Å². The van der Waals surface area contributed by atoms with Crippen molar-refractivity contribution >= 4 is 0 Å². The molecule has 1 rings (SSSR count). The van der Waals surface area contributed by atoms with Crippen LogP contribution in [0.1, 0.15) is 24.6 Å². The highest BCUT2D eigenvalue weighted by atomic mass is 15.3. The highest BCUT2D eigenvalue weighted by Gasteiger charge is 2.06. The largest absolute Gasteiger partial charge is 0.330 e. The van der Waals surface area contributed by atoms with E-state index in [9.17, 15) is 0 Å². The Morgan fingerprint density at radius 2 is 2.27 bits per heavy atom. The lowest BCUT2D eigenvalue weighted by molar-refractivity contribution is 0.323. The SMILES string of the molecule is CCn1cc(CN(C)CCCN)c(C)n1. The summed E-state index contributed by atoms with van der Waals surface area (Å²) >= 11 is 0. The second-order valence-corrected chi connectivity index (χ2v) is 3.98. The standard InChI is InChI=1S/C11H22N4/c1-4-15-9-11(10(2)13-15)8-14(3)7-5-6-12/h9H,4-8,12H2,1-3H3. The fraction of sp³-hybridized carbons (Fsp3) is 0.727. The van der Waals surface area contributed by atoms with Gasteiger partial charge in [0, 0.05) is 24.8 Å². The average Bonchev–Trinajstić information content (AvgIpc) is 2.57. The molecule has 0 saturated heterocycles. The third kappa shape index (κ3) is 3.64. The third-order valence-corrected chi connectivity index (χ3v) is 2.56. The molecular formula is C11H22N4. The first-order valence-electron chi connectivity index (χ1n) is 5.59. The molecule has 1 aromatic rings. The van der Waals surface area contributed by atoms with Crippen LogP contribution in [0.3, 0.4) is 0 Å². The first kappa shape index (κ1) is 12.2. The number of aromatic nitrogens is 2. The van der Waals surface area contributed by atoms with Crippen molar-refractivity contribution in [1.82, 2.24) is 14.7 Å². The van der Waals surface area contributed by atoms with Crippen LogP contribution in [0, 0.1) is 6.92 Å². The Hall–Kier alpha value is -0.870. The van der Waals surface area contributed by atoms with Crippen molar-refractivity contribution in [2.24, 2.45) is 5.73 Å². The molecular weight excluding hydrogens is 188 g/mol. The predicted octanol–water partition coefficient (Wildman–Crippen LogP) is 0.992. The lowest BCUT2D eigenvalue weighted by atomic mass is 10.2. The summed E-state index contributed by atoms with van der Waals surface area (Å²) in [6.07, 6.45) is 3.19. The number of rotatable bonds is 6. The van der Waals surface area contributed by atoms with Crippen molar-refractivity contribution in [3.05, 3.63) is 17.5 Å². The van der Waals surface area contributed by atoms with E-state index < -0.39 is 0 Å². The zero-order valence-electron chi connectivity index (χ0n) is 10.0. The molecule has 0 amide bonds. The number of nitrogens with two attached hydrogens (primary N) is 1. The molecule has 0 atom stereocenters. The summed E-state index contributed by atoms with van der Waals surface area (Å²) in [5, 5.41) is 4.43. The minimum atomic E-state index is 0.761. The lowest BCUT2D eigenvalue weighted by Gasteiger charge is -2.15. The molecule has 2 N–H and O–H groups in total. The van der Waals surface area contributed by atoms with E-state index in [2.05, 4.69) is 37.1 Å². The van der Waals surface area contributed by atoms with Crippen LogP contribution in [0.25, 0.3) is 0 Å². The van der Waals surface area contributed by atoms with Crippen molar-refractivity contribution < 1.29 is 0 Å². The van der Waals surface area contributed by atoms with Gasteiger partial charge in [0.05, 0.1) is 5.69 Å². The van der Waals surface area contributed by atoms with Crippen LogP contribution in [0.2, 0.25) is 0 Å². The fourth-order valence-corrected chi connectivity index (χ4v) is 1.61. The minimum Gasteiger partial charge on any atom is -0.330 e. The smallest absolute Gasteiger partial charge is 0.0638 e. The van der Waals surface area contributed by atoms with E-state index in [1.807, 2.05) is 4.68 Å². The molecule has 15 heavy (non-hydrogen) atoms. The van der Waals surface area contributed by atoms with Crippen LogP contribution < -0.4 is 5.73 Å². The van der Waals surface area contributed by atoms with Gasteiger partial charge in [0.25, 0.3) is 0 Å². The van der Waals surface area contributed by atoms with E-state index in [4.69, 9.17) is 5.73 Å². The van der Waals surface area contributed by atoms with Gasteiger partial charge in [-0.15, -0.1) is 0 Å². The van der Waals surface area contributed by atoms with Gasteiger partial charge in [-0.2, -0.15) is 5.10 Å². The minimum absolute atomic E-state index is 0.761. The van der Waals surface area contributed by atoms with Crippen LogP contribution in [0.5, 0.6) is 0 Å². The van der Waals surface area contributed by atoms with Gasteiger partial charge < -0.3 is 10.6 Å². The van der Waals surface area contributed by atoms with Crippen molar-refractivity contribution in [1.29, 1.82) is 0 Å². The van der Waals surface area contributed by atoms with Gasteiger partial charge in [0.15, 0.2) is 0 Å². The normalized spacial score (nSPS) is 11.3. The second-order valence-electron chi connectivity index (χ2n) is 3.98. The number of nitrogens with zero attached hydrogens (tertiary/aromatic N) is 3. The highest BCUT2D eigenvalue weighted by molar-refractivity contribution is 5.15. The number of hydrogen-bond acceptors (Lipinski definition) is 3. The maximum Gasteiger partial charge on any atom is 0.0638 e. The lowest BCUT2D eigenvalue weighted by Crippen LogP contribution is -2.21. The topological polar surface area (TPSA) is 47.1 Å². The monoisotopic (exact) mass is 210 g/mol. The zero-order chi connectivity index (χ0) is 11.3. The first-order valence-corrected chi connectivity index (χ1v) is 5.59. The molecule has 1 aromatic heterocycles. The summed E-state index contributed by atoms with van der Waals surface area (Å²) in [6.45, 7) is 7.89. The Morgan fingerprint density at radius 1 is 1.53 bits per heavy atom. The summed E-state index contributed by atoms with van der Waals surface area (Å²) < 4.78 is 1.99. The maximum atomic E-state index is 5.48. The molecule has 86 valence electrons. The van der Waals surface area contributed by atoms with Gasteiger partial charge in [-0.1, -0.05) is 0 Å². The molecule has 0 radical (unpaired) electrons. The summed E-state index contributed by atoms with van der Waals surface area (Å²) in [6, 6.07) is 0. The van der Waals surface area contributed by atoms with Crippen molar-refractivity contribution in [3.63, 3.8) is 0 Å². The third-order valence-electron chi connectivity index (χ3n) is 2.56. The Morgan fingerprint density at radius 3 is 2.80 bits per heavy atom. The Kier molecular flexibility index (Phi) is 4.78. The highest BCUT2D eigenvalue weighted by Crippen LogP contribution is 2.08. The van der Waals surface area contributed by atoms with Gasteiger partial charge in [0.1, 0.15) is 0 Å². The molecule has 0 fully saturated rings. The van der Waals surface area contributed by atoms with E-state index >= 15 is 0 Å². The quantitative estimate of drug-likeness (QED) is 0.761. The molecule has 0 aromatic carbocycles. The molecule has 0 unspecified atom stereocenters. The molecule has 0 bridgehead atoms. The summed E-state index contributed by atoms with van der Waals surface area (Å²) in [7, 11) is 2.12. The molecule has 0 aliphatic heterocycles. The van der Waals surface area contributed by atoms with Crippen molar-refractivity contribution in [3.8, 4) is 0 Å². The van der Waals surface area contributed by atoms with Crippen LogP contribution in [-0.2, 0) is 13.1 Å². The summed E-state index contributed by atoms with van der Waals surface area (Å²) in [4.78, 5) is 2.29. The molecule has 1 heterocycles. The maximum absolute atomic E-state index is 5.48. The Bertz CT molecular complexity index is 293. The molecule has 4 heteroatoms. The molecule has 0 aliphatic carbocycles. The van der Waals surface area contributed by atoms with Crippen LogP contribution >= 0.6 is 0 Å². The second kappa shape index (κ2) is 5.88. The Labute approximate surface area is 92.1 Å². The van der Waals surface area contributed by atoms with Gasteiger partial charge in [0.2, 0.25) is 0 Å². The molecule has 0 spiro atoms. The van der Waals surface area contributed by atoms with E-state index in [1.165, 1.54) is 5.56 Å². The van der Waals surface area contributed by atoms with Gasteiger partial charge >= 0.3 is 0 Å². The number of aryl methyl sites for hydroxylation is 2. The predicted molar refractivity (Wildman–Crippen MR) is 62.6 cm³/mol. The van der Waals surface area contributed by atoms with Crippen LogP contribution in [0.15, 0.2) is 6.20 Å².